The maximum Gasteiger partial charge on any atom is 0.161 e. The Morgan fingerprint density at radius 2 is 1.67 bits per heavy atom. The zero-order valence-corrected chi connectivity index (χ0v) is 12.1. The number of hydrogen-bond acceptors (Lipinski definition) is 2. The number of aryl methyl sites for hydroxylation is 1. The van der Waals surface area contributed by atoms with Gasteiger partial charge in [-0.05, 0) is 31.5 Å². The first-order chi connectivity index (χ1) is 9.93. The molecule has 0 aliphatic heterocycles. The zero-order chi connectivity index (χ0) is 15.6. The van der Waals surface area contributed by atoms with Crippen LogP contribution in [0.2, 0.25) is 0 Å². The standard InChI is InChI=1S/C16H16F3NO/c1-9-4-5-15(10(2)16(9)21-3)20-8-11-6-13(18)14(19)7-12(11)17/h4-7,20H,8H2,1-3H3. The van der Waals surface area contributed by atoms with Gasteiger partial charge >= 0.3 is 0 Å². The van der Waals surface area contributed by atoms with Crippen LogP contribution in [0.25, 0.3) is 0 Å². The number of hydrogen-bond donors (Lipinski definition) is 1. The van der Waals surface area contributed by atoms with Crippen molar-refractivity contribution in [1.29, 1.82) is 0 Å². The number of benzene rings is 2. The van der Waals surface area contributed by atoms with Crippen molar-refractivity contribution >= 4 is 5.69 Å². The Bertz CT molecular complexity index is 671. The van der Waals surface area contributed by atoms with Crippen LogP contribution < -0.4 is 10.1 Å². The summed E-state index contributed by atoms with van der Waals surface area (Å²) in [6.07, 6.45) is 0. The Morgan fingerprint density at radius 1 is 1.00 bits per heavy atom. The molecule has 0 aliphatic carbocycles. The van der Waals surface area contributed by atoms with E-state index in [9.17, 15) is 13.2 Å². The Kier molecular flexibility index (Phi) is 4.40. The third-order valence-corrected chi connectivity index (χ3v) is 3.37. The van der Waals surface area contributed by atoms with Crippen LogP contribution in [-0.2, 0) is 6.54 Å². The summed E-state index contributed by atoms with van der Waals surface area (Å²) in [6, 6.07) is 5.12. The first-order valence-corrected chi connectivity index (χ1v) is 6.45. The topological polar surface area (TPSA) is 21.3 Å². The number of anilines is 1. The Balaban J connectivity index is 2.23. The largest absolute Gasteiger partial charge is 0.496 e. The molecule has 0 aromatic heterocycles. The molecule has 2 aromatic carbocycles. The highest BCUT2D eigenvalue weighted by Crippen LogP contribution is 2.29. The average molecular weight is 295 g/mol. The van der Waals surface area contributed by atoms with Gasteiger partial charge in [0, 0.05) is 29.4 Å². The molecule has 0 amide bonds. The predicted octanol–water partition coefficient (Wildman–Crippen LogP) is 4.34. The first kappa shape index (κ1) is 15.2. The number of methoxy groups -OCH3 is 1. The minimum Gasteiger partial charge on any atom is -0.496 e. The van der Waals surface area contributed by atoms with Crippen molar-refractivity contribution in [1.82, 2.24) is 0 Å². The predicted molar refractivity (Wildman–Crippen MR) is 76.1 cm³/mol. The third kappa shape index (κ3) is 3.12. The number of ether oxygens (including phenoxy) is 1. The number of rotatable bonds is 4. The molecule has 0 saturated heterocycles. The molecule has 21 heavy (non-hydrogen) atoms. The summed E-state index contributed by atoms with van der Waals surface area (Å²) < 4.78 is 44.9. The van der Waals surface area contributed by atoms with Crippen molar-refractivity contribution in [3.8, 4) is 5.75 Å². The Hall–Kier alpha value is -2.17. The first-order valence-electron chi connectivity index (χ1n) is 6.45. The van der Waals surface area contributed by atoms with Crippen molar-refractivity contribution in [3.63, 3.8) is 0 Å². The van der Waals surface area contributed by atoms with Crippen molar-refractivity contribution in [3.05, 3.63) is 58.4 Å². The van der Waals surface area contributed by atoms with Crippen LogP contribution in [0.15, 0.2) is 24.3 Å². The van der Waals surface area contributed by atoms with Gasteiger partial charge in [-0.3, -0.25) is 0 Å². The quantitative estimate of drug-likeness (QED) is 0.847. The molecule has 1 N–H and O–H groups in total. The highest BCUT2D eigenvalue weighted by molar-refractivity contribution is 5.59. The minimum absolute atomic E-state index is 0.0517. The van der Waals surface area contributed by atoms with Crippen LogP contribution in [0.1, 0.15) is 16.7 Å². The van der Waals surface area contributed by atoms with Gasteiger partial charge in [0.05, 0.1) is 7.11 Å². The fourth-order valence-electron chi connectivity index (χ4n) is 2.22. The van der Waals surface area contributed by atoms with Gasteiger partial charge in [0.15, 0.2) is 11.6 Å². The van der Waals surface area contributed by atoms with Gasteiger partial charge in [-0.15, -0.1) is 0 Å². The van der Waals surface area contributed by atoms with Crippen molar-refractivity contribution in [2.24, 2.45) is 0 Å². The van der Waals surface area contributed by atoms with E-state index < -0.39 is 17.5 Å². The lowest BCUT2D eigenvalue weighted by molar-refractivity contribution is 0.409. The molecule has 0 spiro atoms. The van der Waals surface area contributed by atoms with E-state index >= 15 is 0 Å². The van der Waals surface area contributed by atoms with Crippen molar-refractivity contribution < 1.29 is 17.9 Å². The summed E-state index contributed by atoms with van der Waals surface area (Å²) in [7, 11) is 1.58. The van der Waals surface area contributed by atoms with Crippen LogP contribution in [0, 0.1) is 31.3 Å². The minimum atomic E-state index is -1.19. The molecule has 0 aliphatic rings. The van der Waals surface area contributed by atoms with Gasteiger partial charge in [0.1, 0.15) is 11.6 Å². The summed E-state index contributed by atoms with van der Waals surface area (Å²) >= 11 is 0. The molecule has 0 radical (unpaired) electrons. The fourth-order valence-corrected chi connectivity index (χ4v) is 2.22. The summed E-state index contributed by atoms with van der Waals surface area (Å²) in [5.74, 6) is -2.29. The van der Waals surface area contributed by atoms with E-state index in [1.807, 2.05) is 26.0 Å². The second-order valence-electron chi connectivity index (χ2n) is 4.80. The molecule has 0 saturated carbocycles. The monoisotopic (exact) mass is 295 g/mol. The SMILES string of the molecule is COc1c(C)ccc(NCc2cc(F)c(F)cc2F)c1C. The molecule has 2 aromatic rings. The highest BCUT2D eigenvalue weighted by Gasteiger charge is 2.11. The van der Waals surface area contributed by atoms with Crippen LogP contribution >= 0.6 is 0 Å². The fraction of sp³-hybridized carbons (Fsp3) is 0.250. The van der Waals surface area contributed by atoms with Crippen molar-refractivity contribution in [2.75, 3.05) is 12.4 Å². The molecular weight excluding hydrogens is 279 g/mol. The second-order valence-corrected chi connectivity index (χ2v) is 4.80. The molecule has 112 valence electrons. The van der Waals surface area contributed by atoms with Gasteiger partial charge in [-0.25, -0.2) is 13.2 Å². The van der Waals surface area contributed by atoms with E-state index in [0.717, 1.165) is 28.6 Å². The van der Waals surface area contributed by atoms with Gasteiger partial charge < -0.3 is 10.1 Å². The third-order valence-electron chi connectivity index (χ3n) is 3.37. The van der Waals surface area contributed by atoms with Crippen molar-refractivity contribution in [2.45, 2.75) is 20.4 Å². The lowest BCUT2D eigenvalue weighted by Crippen LogP contribution is -2.05. The van der Waals surface area contributed by atoms with Crippen LogP contribution in [0.4, 0.5) is 18.9 Å². The lowest BCUT2D eigenvalue weighted by Gasteiger charge is -2.15. The van der Waals surface area contributed by atoms with Gasteiger partial charge in [-0.2, -0.15) is 0 Å². The molecule has 2 rings (SSSR count). The summed E-state index contributed by atoms with van der Waals surface area (Å²) in [5, 5.41) is 3.01. The Morgan fingerprint density at radius 3 is 2.33 bits per heavy atom. The number of halogens is 3. The van der Waals surface area contributed by atoms with E-state index in [1.54, 1.807) is 7.11 Å². The summed E-state index contributed by atoms with van der Waals surface area (Å²) in [4.78, 5) is 0. The second kappa shape index (κ2) is 6.08. The van der Waals surface area contributed by atoms with E-state index in [2.05, 4.69) is 5.32 Å². The van der Waals surface area contributed by atoms with E-state index in [4.69, 9.17) is 4.74 Å². The van der Waals surface area contributed by atoms with Crippen LogP contribution in [0.5, 0.6) is 5.75 Å². The Labute approximate surface area is 121 Å². The summed E-state index contributed by atoms with van der Waals surface area (Å²) in [5.41, 5.74) is 2.68. The molecule has 0 unspecified atom stereocenters. The van der Waals surface area contributed by atoms with Gasteiger partial charge in [-0.1, -0.05) is 6.07 Å². The number of nitrogens with one attached hydrogen (secondary N) is 1. The molecule has 0 heterocycles. The van der Waals surface area contributed by atoms with E-state index in [0.29, 0.717) is 6.07 Å². The average Bonchev–Trinajstić information content (AvgIpc) is 2.43. The molecule has 2 nitrogen and oxygen atoms in total. The lowest BCUT2D eigenvalue weighted by atomic mass is 10.1. The molecule has 0 atom stereocenters. The van der Waals surface area contributed by atoms with Gasteiger partial charge in [0.25, 0.3) is 0 Å². The molecule has 0 fully saturated rings. The molecular formula is C16H16F3NO. The van der Waals surface area contributed by atoms with Crippen LogP contribution in [-0.4, -0.2) is 7.11 Å². The maximum absolute atomic E-state index is 13.6. The summed E-state index contributed by atoms with van der Waals surface area (Å²) in [6.45, 7) is 3.84. The van der Waals surface area contributed by atoms with E-state index in [-0.39, 0.29) is 12.1 Å². The normalized spacial score (nSPS) is 10.6. The van der Waals surface area contributed by atoms with E-state index in [1.165, 1.54) is 0 Å². The maximum atomic E-state index is 13.6. The molecule has 5 heteroatoms. The van der Waals surface area contributed by atoms with Gasteiger partial charge in [0.2, 0.25) is 0 Å². The zero-order valence-electron chi connectivity index (χ0n) is 12.1. The highest BCUT2D eigenvalue weighted by atomic mass is 19.2. The molecule has 0 bridgehead atoms. The van der Waals surface area contributed by atoms with Crippen LogP contribution in [0.3, 0.4) is 0 Å². The smallest absolute Gasteiger partial charge is 0.161 e.